The molecule has 0 aliphatic carbocycles. The van der Waals surface area contributed by atoms with Gasteiger partial charge in [-0.25, -0.2) is 0 Å². The van der Waals surface area contributed by atoms with E-state index in [1.807, 2.05) is 23.9 Å². The molecule has 0 amide bonds. The second-order valence-corrected chi connectivity index (χ2v) is 5.10. The summed E-state index contributed by atoms with van der Waals surface area (Å²) in [6.07, 6.45) is 3.45. The number of aromatic nitrogens is 2. The maximum absolute atomic E-state index is 6.16. The number of rotatable bonds is 4. The summed E-state index contributed by atoms with van der Waals surface area (Å²) in [4.78, 5) is 0. The van der Waals surface area contributed by atoms with E-state index in [1.165, 1.54) is 0 Å². The largest absolute Gasteiger partial charge is 0.324 e. The van der Waals surface area contributed by atoms with Crippen LogP contribution in [0.1, 0.15) is 23.7 Å². The molecule has 0 aliphatic rings. The van der Waals surface area contributed by atoms with E-state index in [9.17, 15) is 0 Å². The zero-order valence-corrected chi connectivity index (χ0v) is 11.6. The number of hydrogen-bond acceptors (Lipinski definition) is 2. The third-order valence-electron chi connectivity index (χ3n) is 2.99. The Morgan fingerprint density at radius 1 is 1.33 bits per heavy atom. The summed E-state index contributed by atoms with van der Waals surface area (Å²) in [5, 5.41) is 5.45. The Morgan fingerprint density at radius 2 is 2.11 bits per heavy atom. The van der Waals surface area contributed by atoms with Gasteiger partial charge in [-0.3, -0.25) is 4.68 Å². The van der Waals surface area contributed by atoms with E-state index in [2.05, 4.69) is 5.10 Å². The van der Waals surface area contributed by atoms with Crippen LogP contribution < -0.4 is 5.73 Å². The van der Waals surface area contributed by atoms with Crippen molar-refractivity contribution in [3.63, 3.8) is 0 Å². The molecule has 2 rings (SSSR count). The van der Waals surface area contributed by atoms with Crippen LogP contribution in [-0.4, -0.2) is 9.78 Å². The quantitative estimate of drug-likeness (QED) is 0.935. The molecule has 1 unspecified atom stereocenters. The summed E-state index contributed by atoms with van der Waals surface area (Å²) in [6, 6.07) is 7.25. The summed E-state index contributed by atoms with van der Waals surface area (Å²) >= 11 is 12.1. The van der Waals surface area contributed by atoms with Gasteiger partial charge in [0.15, 0.2) is 0 Å². The summed E-state index contributed by atoms with van der Waals surface area (Å²) in [5.74, 6) is 0. The molecule has 2 aromatic rings. The average molecular weight is 284 g/mol. The Bertz CT molecular complexity index is 537. The maximum atomic E-state index is 6.16. The van der Waals surface area contributed by atoms with E-state index in [0.717, 1.165) is 24.1 Å². The van der Waals surface area contributed by atoms with E-state index < -0.39 is 0 Å². The van der Waals surface area contributed by atoms with Crippen molar-refractivity contribution < 1.29 is 0 Å². The summed E-state index contributed by atoms with van der Waals surface area (Å²) in [7, 11) is 1.92. The highest BCUT2D eigenvalue weighted by Gasteiger charge is 2.11. The third kappa shape index (κ3) is 3.05. The van der Waals surface area contributed by atoms with Crippen molar-refractivity contribution in [2.24, 2.45) is 12.8 Å². The molecule has 96 valence electrons. The molecule has 3 nitrogen and oxygen atoms in total. The minimum Gasteiger partial charge on any atom is -0.324 e. The topological polar surface area (TPSA) is 43.8 Å². The monoisotopic (exact) mass is 283 g/mol. The number of hydrogen-bond donors (Lipinski definition) is 1. The molecule has 0 radical (unpaired) electrons. The zero-order chi connectivity index (χ0) is 13.1. The number of nitrogens with zero attached hydrogens (tertiary/aromatic N) is 2. The van der Waals surface area contributed by atoms with Crippen LogP contribution in [0.4, 0.5) is 0 Å². The Morgan fingerprint density at radius 3 is 2.78 bits per heavy atom. The van der Waals surface area contributed by atoms with Crippen LogP contribution in [-0.2, 0) is 13.5 Å². The van der Waals surface area contributed by atoms with Crippen LogP contribution in [0.15, 0.2) is 30.5 Å². The molecule has 0 saturated carbocycles. The number of aryl methyl sites for hydroxylation is 2. The lowest BCUT2D eigenvalue weighted by molar-refractivity contribution is 0.614. The molecule has 1 atom stereocenters. The van der Waals surface area contributed by atoms with Gasteiger partial charge in [0, 0.05) is 35.0 Å². The van der Waals surface area contributed by atoms with Crippen LogP contribution in [0, 0.1) is 0 Å². The fourth-order valence-electron chi connectivity index (χ4n) is 1.90. The van der Waals surface area contributed by atoms with E-state index in [4.69, 9.17) is 28.9 Å². The van der Waals surface area contributed by atoms with Gasteiger partial charge in [0.25, 0.3) is 0 Å². The van der Waals surface area contributed by atoms with Gasteiger partial charge < -0.3 is 5.73 Å². The van der Waals surface area contributed by atoms with E-state index in [-0.39, 0.29) is 6.04 Å². The highest BCUT2D eigenvalue weighted by molar-refractivity contribution is 6.33. The first-order valence-electron chi connectivity index (χ1n) is 5.75. The zero-order valence-electron chi connectivity index (χ0n) is 10.1. The van der Waals surface area contributed by atoms with Gasteiger partial charge in [-0.05, 0) is 42.7 Å². The summed E-state index contributed by atoms with van der Waals surface area (Å²) in [5.41, 5.74) is 8.21. The van der Waals surface area contributed by atoms with Crippen molar-refractivity contribution >= 4 is 23.2 Å². The molecule has 1 aromatic heterocycles. The molecule has 2 N–H and O–H groups in total. The second kappa shape index (κ2) is 5.74. The van der Waals surface area contributed by atoms with Gasteiger partial charge in [0.1, 0.15) is 0 Å². The van der Waals surface area contributed by atoms with E-state index >= 15 is 0 Å². The normalized spacial score (nSPS) is 12.7. The molecule has 1 heterocycles. The predicted octanol–water partition coefficient (Wildman–Crippen LogP) is 3.36. The molecular formula is C13H15Cl2N3. The Kier molecular flexibility index (Phi) is 4.27. The standard InChI is InChI=1S/C13H15Cl2N3/c1-18-10(6-7-17-18)3-5-13(16)11-8-9(14)2-4-12(11)15/h2,4,6-8,13H,3,5,16H2,1H3. The Balaban J connectivity index is 2.06. The maximum Gasteiger partial charge on any atom is 0.0492 e. The average Bonchev–Trinajstić information content (AvgIpc) is 2.75. The fraction of sp³-hybridized carbons (Fsp3) is 0.308. The van der Waals surface area contributed by atoms with Gasteiger partial charge in [-0.1, -0.05) is 23.2 Å². The van der Waals surface area contributed by atoms with Crippen molar-refractivity contribution in [1.29, 1.82) is 0 Å². The molecule has 0 bridgehead atoms. The van der Waals surface area contributed by atoms with Gasteiger partial charge in [-0.2, -0.15) is 5.10 Å². The van der Waals surface area contributed by atoms with Crippen LogP contribution in [0.5, 0.6) is 0 Å². The highest BCUT2D eigenvalue weighted by Crippen LogP contribution is 2.27. The molecule has 5 heteroatoms. The Hall–Kier alpha value is -1.03. The number of nitrogens with two attached hydrogens (primary N) is 1. The number of benzene rings is 1. The molecule has 18 heavy (non-hydrogen) atoms. The van der Waals surface area contributed by atoms with Crippen molar-refractivity contribution in [1.82, 2.24) is 9.78 Å². The third-order valence-corrected chi connectivity index (χ3v) is 3.57. The van der Waals surface area contributed by atoms with E-state index in [1.54, 1.807) is 18.3 Å². The second-order valence-electron chi connectivity index (χ2n) is 4.26. The fourth-order valence-corrected chi connectivity index (χ4v) is 2.34. The van der Waals surface area contributed by atoms with Gasteiger partial charge >= 0.3 is 0 Å². The molecule has 0 aliphatic heterocycles. The Labute approximate surface area is 117 Å². The molecular weight excluding hydrogens is 269 g/mol. The lowest BCUT2D eigenvalue weighted by Gasteiger charge is -2.14. The smallest absolute Gasteiger partial charge is 0.0492 e. The van der Waals surface area contributed by atoms with Crippen molar-refractivity contribution in [3.05, 3.63) is 51.8 Å². The minimum atomic E-state index is -0.119. The minimum absolute atomic E-state index is 0.119. The lowest BCUT2D eigenvalue weighted by Crippen LogP contribution is -2.13. The van der Waals surface area contributed by atoms with Crippen LogP contribution in [0.3, 0.4) is 0 Å². The van der Waals surface area contributed by atoms with Crippen LogP contribution >= 0.6 is 23.2 Å². The van der Waals surface area contributed by atoms with Crippen molar-refractivity contribution in [3.8, 4) is 0 Å². The van der Waals surface area contributed by atoms with E-state index in [0.29, 0.717) is 10.0 Å². The van der Waals surface area contributed by atoms with Crippen LogP contribution in [0.25, 0.3) is 0 Å². The molecule has 0 saturated heterocycles. The molecule has 0 fully saturated rings. The first-order chi connectivity index (χ1) is 8.58. The number of halogens is 2. The first-order valence-corrected chi connectivity index (χ1v) is 6.51. The predicted molar refractivity (Wildman–Crippen MR) is 74.9 cm³/mol. The first kappa shape index (κ1) is 13.4. The summed E-state index contributed by atoms with van der Waals surface area (Å²) in [6.45, 7) is 0. The van der Waals surface area contributed by atoms with Crippen molar-refractivity contribution in [2.75, 3.05) is 0 Å². The molecule has 0 spiro atoms. The molecule has 1 aromatic carbocycles. The van der Waals surface area contributed by atoms with Gasteiger partial charge in [0.05, 0.1) is 0 Å². The van der Waals surface area contributed by atoms with Gasteiger partial charge in [0.2, 0.25) is 0 Å². The van der Waals surface area contributed by atoms with Gasteiger partial charge in [-0.15, -0.1) is 0 Å². The SMILES string of the molecule is Cn1nccc1CCC(N)c1cc(Cl)ccc1Cl. The van der Waals surface area contributed by atoms with Crippen molar-refractivity contribution in [2.45, 2.75) is 18.9 Å². The highest BCUT2D eigenvalue weighted by atomic mass is 35.5. The van der Waals surface area contributed by atoms with Crippen LogP contribution in [0.2, 0.25) is 10.0 Å². The summed E-state index contributed by atoms with van der Waals surface area (Å²) < 4.78 is 1.85. The lowest BCUT2D eigenvalue weighted by atomic mass is 10.0.